The van der Waals surface area contributed by atoms with E-state index in [1.165, 1.54) is 0 Å². The molecule has 18 heavy (non-hydrogen) atoms. The summed E-state index contributed by atoms with van der Waals surface area (Å²) in [5.41, 5.74) is 0. The second kappa shape index (κ2) is 7.20. The van der Waals surface area contributed by atoms with Gasteiger partial charge in [0.2, 0.25) is 0 Å². The summed E-state index contributed by atoms with van der Waals surface area (Å²) in [5, 5.41) is 21.0. The Bertz CT molecular complexity index is 395. The van der Waals surface area contributed by atoms with Crippen LogP contribution in [-0.4, -0.2) is 28.3 Å². The molecule has 9 heteroatoms. The number of carboxylic acid groups (broad SMARTS) is 2. The van der Waals surface area contributed by atoms with Gasteiger partial charge in [-0.3, -0.25) is 4.79 Å². The average molecular weight is 266 g/mol. The molecule has 100 valence electrons. The molecule has 6 nitrogen and oxygen atoms in total. The maximum Gasteiger partial charge on any atom is 0.430 e. The maximum atomic E-state index is 10.5. The summed E-state index contributed by atoms with van der Waals surface area (Å²) in [6, 6.07) is 3.60. The molecule has 0 aliphatic rings. The van der Waals surface area contributed by atoms with E-state index >= 15 is 0 Å². The fraction of sp³-hybridized carbons (Fsp3) is 0.333. The summed E-state index contributed by atoms with van der Waals surface area (Å²) < 4.78 is 33.1. The first-order valence-electron chi connectivity index (χ1n) is 4.54. The molecule has 0 saturated carbocycles. The highest BCUT2D eigenvalue weighted by Gasteiger charge is 2.28. The van der Waals surface area contributed by atoms with Crippen LogP contribution in [0.2, 0.25) is 0 Å². The van der Waals surface area contributed by atoms with Crippen molar-refractivity contribution in [3.63, 3.8) is 0 Å². The van der Waals surface area contributed by atoms with Gasteiger partial charge in [-0.25, -0.2) is 0 Å². The number of aromatic nitrogens is 2. The molecule has 1 heterocycles. The molecule has 0 aliphatic heterocycles. The number of carbonyl (C=O) groups excluding carboxylic acids is 1. The molecule has 0 radical (unpaired) electrons. The number of carbonyl (C=O) groups is 2. The first-order valence-corrected chi connectivity index (χ1v) is 4.54. The van der Waals surface area contributed by atoms with Crippen molar-refractivity contribution in [2.24, 2.45) is 0 Å². The summed E-state index contributed by atoms with van der Waals surface area (Å²) in [6.07, 6.45) is -1.72. The van der Waals surface area contributed by atoms with E-state index in [1.54, 1.807) is 23.1 Å². The van der Waals surface area contributed by atoms with E-state index in [-0.39, 0.29) is 6.42 Å². The van der Waals surface area contributed by atoms with Crippen LogP contribution < -0.4 is 9.79 Å². The molecule has 0 atom stereocenters. The Labute approximate surface area is 99.3 Å². The van der Waals surface area contributed by atoms with Crippen molar-refractivity contribution in [3.05, 3.63) is 24.5 Å². The van der Waals surface area contributed by atoms with Crippen LogP contribution in [0.1, 0.15) is 6.42 Å². The van der Waals surface area contributed by atoms with E-state index in [9.17, 15) is 18.0 Å². The number of carboxylic acids is 2. The first kappa shape index (κ1) is 15.8. The van der Waals surface area contributed by atoms with Gasteiger partial charge in [-0.05, 0) is 11.2 Å². The van der Waals surface area contributed by atoms with Crippen molar-refractivity contribution in [3.8, 4) is 0 Å². The highest BCUT2D eigenvalue weighted by molar-refractivity contribution is 5.70. The van der Waals surface area contributed by atoms with Crippen LogP contribution in [0.3, 0.4) is 0 Å². The largest absolute Gasteiger partial charge is 0.542 e. The SMILES string of the molecule is O=C(O)CC[n+]1ccccn1.O=C([O-])C(F)(F)F. The van der Waals surface area contributed by atoms with Gasteiger partial charge in [0, 0.05) is 6.07 Å². The molecule has 1 aromatic heterocycles. The third-order valence-electron chi connectivity index (χ3n) is 1.46. The second-order valence-electron chi connectivity index (χ2n) is 2.89. The lowest BCUT2D eigenvalue weighted by Gasteiger charge is -2.03. The van der Waals surface area contributed by atoms with Crippen LogP contribution in [0.5, 0.6) is 0 Å². The lowest BCUT2D eigenvalue weighted by Crippen LogP contribution is -2.37. The number of hydrogen-bond donors (Lipinski definition) is 1. The number of nitrogens with zero attached hydrogens (tertiary/aromatic N) is 2. The minimum Gasteiger partial charge on any atom is -0.542 e. The van der Waals surface area contributed by atoms with E-state index in [2.05, 4.69) is 5.10 Å². The molecule has 1 rings (SSSR count). The van der Waals surface area contributed by atoms with Crippen molar-refractivity contribution < 1.29 is 37.7 Å². The first-order chi connectivity index (χ1) is 8.23. The van der Waals surface area contributed by atoms with Crippen molar-refractivity contribution in [2.75, 3.05) is 0 Å². The molecule has 0 aliphatic carbocycles. The van der Waals surface area contributed by atoms with Crippen LogP contribution >= 0.6 is 0 Å². The van der Waals surface area contributed by atoms with Gasteiger partial charge in [-0.1, -0.05) is 4.68 Å². The van der Waals surface area contributed by atoms with E-state index in [4.69, 9.17) is 15.0 Å². The highest BCUT2D eigenvalue weighted by Crippen LogP contribution is 2.11. The van der Waals surface area contributed by atoms with E-state index in [0.29, 0.717) is 6.54 Å². The van der Waals surface area contributed by atoms with Crippen molar-refractivity contribution in [1.29, 1.82) is 0 Å². The zero-order valence-electron chi connectivity index (χ0n) is 8.92. The Balaban J connectivity index is 0.000000360. The van der Waals surface area contributed by atoms with Gasteiger partial charge in [0.15, 0.2) is 12.7 Å². The third kappa shape index (κ3) is 8.02. The molecule has 0 amide bonds. The van der Waals surface area contributed by atoms with Gasteiger partial charge in [-0.15, -0.1) is 0 Å². The molecule has 0 saturated heterocycles. The Morgan fingerprint density at radius 1 is 1.33 bits per heavy atom. The van der Waals surface area contributed by atoms with Crippen molar-refractivity contribution in [1.82, 2.24) is 5.10 Å². The van der Waals surface area contributed by atoms with E-state index in [0.717, 1.165) is 0 Å². The number of hydrogen-bond acceptors (Lipinski definition) is 4. The number of aryl methyl sites for hydroxylation is 1. The summed E-state index contributed by atoms with van der Waals surface area (Å²) in [6.45, 7) is 0.427. The Morgan fingerprint density at radius 3 is 2.22 bits per heavy atom. The average Bonchev–Trinajstić information content (AvgIpc) is 2.27. The second-order valence-corrected chi connectivity index (χ2v) is 2.89. The lowest BCUT2D eigenvalue weighted by atomic mass is 10.4. The Morgan fingerprint density at radius 2 is 1.89 bits per heavy atom. The summed E-state index contributed by atoms with van der Waals surface area (Å²) in [5.74, 6) is -3.81. The normalized spacial score (nSPS) is 10.2. The van der Waals surface area contributed by atoms with Gasteiger partial charge < -0.3 is 15.0 Å². The fourth-order valence-corrected chi connectivity index (χ4v) is 0.704. The molecule has 0 unspecified atom stereocenters. The molecule has 0 fully saturated rings. The predicted octanol–water partition coefficient (Wildman–Crippen LogP) is -0.858. The zero-order valence-corrected chi connectivity index (χ0v) is 8.92. The Hall–Kier alpha value is -2.19. The third-order valence-corrected chi connectivity index (χ3v) is 1.46. The van der Waals surface area contributed by atoms with Crippen LogP contribution in [0.15, 0.2) is 24.5 Å². The number of halogens is 3. The zero-order chi connectivity index (χ0) is 14.2. The summed E-state index contributed by atoms with van der Waals surface area (Å²) >= 11 is 0. The number of aliphatic carboxylic acids is 2. The van der Waals surface area contributed by atoms with Crippen LogP contribution in [0, 0.1) is 0 Å². The number of alkyl halides is 3. The van der Waals surface area contributed by atoms with Crippen LogP contribution in [0.4, 0.5) is 13.2 Å². The molecule has 0 bridgehead atoms. The van der Waals surface area contributed by atoms with E-state index in [1.807, 2.05) is 6.07 Å². The van der Waals surface area contributed by atoms with Crippen LogP contribution in [-0.2, 0) is 16.1 Å². The predicted molar refractivity (Wildman–Crippen MR) is 47.7 cm³/mol. The highest BCUT2D eigenvalue weighted by atomic mass is 19.4. The van der Waals surface area contributed by atoms with Gasteiger partial charge in [-0.2, -0.15) is 13.2 Å². The van der Waals surface area contributed by atoms with Crippen LogP contribution in [0.25, 0.3) is 0 Å². The molecular weight excluding hydrogens is 257 g/mol. The molecule has 1 aromatic rings. The lowest BCUT2D eigenvalue weighted by molar-refractivity contribution is -0.753. The van der Waals surface area contributed by atoms with Gasteiger partial charge in [0.1, 0.15) is 12.4 Å². The topological polar surface area (TPSA) is 94.2 Å². The maximum absolute atomic E-state index is 10.5. The van der Waals surface area contributed by atoms with Crippen molar-refractivity contribution >= 4 is 11.9 Å². The summed E-state index contributed by atoms with van der Waals surface area (Å²) in [7, 11) is 0. The fourth-order valence-electron chi connectivity index (χ4n) is 0.704. The monoisotopic (exact) mass is 266 g/mol. The molecular formula is C9H9F3N2O4. The minimum atomic E-state index is -5.19. The van der Waals surface area contributed by atoms with Crippen molar-refractivity contribution in [2.45, 2.75) is 19.1 Å². The molecule has 0 aromatic carbocycles. The standard InChI is InChI=1S/C7H8N2O2.C2HF3O2/c10-7(11)3-6-9-5-2-1-4-8-9;3-2(4,5)1(6)7/h1-2,4-5H,3,6H2;(H,6,7). The minimum absolute atomic E-state index is 0.113. The van der Waals surface area contributed by atoms with Gasteiger partial charge >= 0.3 is 12.1 Å². The van der Waals surface area contributed by atoms with Gasteiger partial charge in [0.25, 0.3) is 0 Å². The number of rotatable bonds is 3. The van der Waals surface area contributed by atoms with Gasteiger partial charge in [0.05, 0.1) is 6.20 Å². The molecule has 0 spiro atoms. The quantitative estimate of drug-likeness (QED) is 0.718. The smallest absolute Gasteiger partial charge is 0.430 e. The van der Waals surface area contributed by atoms with E-state index < -0.39 is 18.1 Å². The Kier molecular flexibility index (Phi) is 6.32. The molecule has 1 N–H and O–H groups in total. The summed E-state index contributed by atoms with van der Waals surface area (Å²) in [4.78, 5) is 18.9.